The van der Waals surface area contributed by atoms with E-state index in [4.69, 9.17) is 9.47 Å². The van der Waals surface area contributed by atoms with Crippen molar-refractivity contribution in [2.75, 3.05) is 7.11 Å². The number of methoxy groups -OCH3 is 1. The van der Waals surface area contributed by atoms with Gasteiger partial charge in [0.2, 0.25) is 0 Å². The highest BCUT2D eigenvalue weighted by molar-refractivity contribution is 14.1. The highest BCUT2D eigenvalue weighted by Gasteiger charge is 2.16. The summed E-state index contributed by atoms with van der Waals surface area (Å²) in [4.78, 5) is 12.1. The largest absolute Gasteiger partial charge is 0.493 e. The second kappa shape index (κ2) is 11.3. The van der Waals surface area contributed by atoms with E-state index in [0.717, 1.165) is 13.6 Å². The molecule has 0 fully saturated rings. The summed E-state index contributed by atoms with van der Waals surface area (Å²) in [5.74, 6) is 0.575. The third kappa shape index (κ3) is 6.52. The monoisotopic (exact) mass is 594 g/mol. The van der Waals surface area contributed by atoms with E-state index in [0.29, 0.717) is 29.2 Å². The highest BCUT2D eigenvalue weighted by atomic mass is 127. The van der Waals surface area contributed by atoms with Gasteiger partial charge in [-0.15, -0.1) is 0 Å². The number of hydrogen-bond donors (Lipinski definition) is 2. The fourth-order valence-corrected chi connectivity index (χ4v) is 3.75. The van der Waals surface area contributed by atoms with Crippen molar-refractivity contribution in [1.82, 2.24) is 5.43 Å². The molecule has 3 aromatic rings. The molecule has 0 saturated heterocycles. The summed E-state index contributed by atoms with van der Waals surface area (Å²) in [7, 11) is 1.57. The molecule has 6 nitrogen and oxygen atoms in total. The first kappa shape index (κ1) is 23.2. The number of halogens is 2. The second-order valence-electron chi connectivity index (χ2n) is 6.50. The molecule has 0 radical (unpaired) electrons. The number of ether oxygens (including phenoxy) is 2. The molecular weight excluding hydrogens is 575 g/mol. The summed E-state index contributed by atoms with van der Waals surface area (Å²) in [6.45, 7) is 0.403. The van der Waals surface area contributed by atoms with Gasteiger partial charge in [-0.25, -0.2) is 5.43 Å². The summed E-state index contributed by atoms with van der Waals surface area (Å²) >= 11 is 5.58. The van der Waals surface area contributed by atoms with Crippen LogP contribution < -0.4 is 14.9 Å². The average Bonchev–Trinajstić information content (AvgIpc) is 2.79. The van der Waals surface area contributed by atoms with Crippen molar-refractivity contribution < 1.29 is 19.4 Å². The number of carbonyl (C=O) groups is 1. The Hall–Kier alpha value is -2.43. The molecule has 3 rings (SSSR count). The maximum absolute atomic E-state index is 12.1. The minimum absolute atomic E-state index is 0.403. The van der Waals surface area contributed by atoms with E-state index in [-0.39, 0.29) is 0 Å². The molecule has 0 unspecified atom stereocenters. The Morgan fingerprint density at radius 3 is 2.58 bits per heavy atom. The summed E-state index contributed by atoms with van der Waals surface area (Å²) in [6.07, 6.45) is 0.195. The van der Waals surface area contributed by atoms with E-state index in [1.165, 1.54) is 6.21 Å². The van der Waals surface area contributed by atoms with E-state index in [1.54, 1.807) is 37.4 Å². The average molecular weight is 595 g/mol. The third-order valence-corrected chi connectivity index (χ3v) is 5.63. The van der Waals surface area contributed by atoms with Crippen molar-refractivity contribution in [3.63, 3.8) is 0 Å². The van der Waals surface area contributed by atoms with Crippen LogP contribution in [0.3, 0.4) is 0 Å². The van der Waals surface area contributed by atoms with Gasteiger partial charge in [0, 0.05) is 4.47 Å². The number of nitrogens with one attached hydrogen (secondary N) is 1. The summed E-state index contributed by atoms with van der Waals surface area (Å²) in [6, 6.07) is 20.2. The van der Waals surface area contributed by atoms with Gasteiger partial charge in [-0.3, -0.25) is 4.79 Å². The van der Waals surface area contributed by atoms with Crippen LogP contribution in [0.1, 0.15) is 22.8 Å². The smallest absolute Gasteiger partial charge is 0.273 e. The Kier molecular flexibility index (Phi) is 8.44. The Labute approximate surface area is 202 Å². The van der Waals surface area contributed by atoms with Crippen molar-refractivity contribution in [3.05, 3.63) is 91.5 Å². The zero-order chi connectivity index (χ0) is 22.2. The predicted octanol–water partition coefficient (Wildman–Crippen LogP) is 4.83. The first-order chi connectivity index (χ1) is 15.0. The highest BCUT2D eigenvalue weighted by Crippen LogP contribution is 2.34. The molecule has 0 heterocycles. The van der Waals surface area contributed by atoms with E-state index in [9.17, 15) is 9.90 Å². The number of aliphatic hydroxyl groups excluding tert-OH is 1. The maximum atomic E-state index is 12.1. The molecule has 1 amide bonds. The third-order valence-electron chi connectivity index (χ3n) is 4.30. The molecule has 0 saturated carbocycles. The van der Waals surface area contributed by atoms with Gasteiger partial charge < -0.3 is 14.6 Å². The lowest BCUT2D eigenvalue weighted by Crippen LogP contribution is -2.25. The zero-order valence-corrected chi connectivity index (χ0v) is 20.3. The van der Waals surface area contributed by atoms with Crippen LogP contribution in [0.5, 0.6) is 11.5 Å². The van der Waals surface area contributed by atoms with Gasteiger partial charge in [-0.1, -0.05) is 58.4 Å². The second-order valence-corrected chi connectivity index (χ2v) is 8.57. The number of hydrazone groups is 1. The van der Waals surface area contributed by atoms with Crippen LogP contribution in [0.2, 0.25) is 0 Å². The van der Waals surface area contributed by atoms with Gasteiger partial charge in [0.1, 0.15) is 6.61 Å². The van der Waals surface area contributed by atoms with Crippen LogP contribution in [0.4, 0.5) is 0 Å². The lowest BCUT2D eigenvalue weighted by Gasteiger charge is -2.14. The molecule has 0 aromatic heterocycles. The van der Waals surface area contributed by atoms with Crippen LogP contribution in [-0.4, -0.2) is 24.3 Å². The fraction of sp³-hybridized carbons (Fsp3) is 0.130. The SMILES string of the molecule is COc1cc(/C=N\NC(=O)[C@@H](O)c2ccccc2)cc(I)c1OCc1ccc(Br)cc1. The van der Waals surface area contributed by atoms with E-state index < -0.39 is 12.0 Å². The van der Waals surface area contributed by atoms with Crippen molar-refractivity contribution in [3.8, 4) is 11.5 Å². The van der Waals surface area contributed by atoms with Crippen molar-refractivity contribution >= 4 is 50.6 Å². The predicted molar refractivity (Wildman–Crippen MR) is 131 cm³/mol. The first-order valence-corrected chi connectivity index (χ1v) is 11.2. The number of benzene rings is 3. The van der Waals surface area contributed by atoms with E-state index in [1.807, 2.05) is 36.4 Å². The number of aliphatic hydroxyl groups is 1. The molecular formula is C23H20BrIN2O4. The number of nitrogens with zero attached hydrogens (tertiary/aromatic N) is 1. The van der Waals surface area contributed by atoms with Crippen LogP contribution in [0.15, 0.2) is 76.3 Å². The quantitative estimate of drug-likeness (QED) is 0.223. The fourth-order valence-electron chi connectivity index (χ4n) is 2.71. The molecule has 0 aliphatic rings. The normalized spacial score (nSPS) is 11.9. The molecule has 0 aliphatic heterocycles. The van der Waals surface area contributed by atoms with Gasteiger partial charge >= 0.3 is 0 Å². The minimum atomic E-state index is -1.29. The van der Waals surface area contributed by atoms with Crippen LogP contribution in [0, 0.1) is 3.57 Å². The molecule has 0 bridgehead atoms. The number of hydrogen-bond acceptors (Lipinski definition) is 5. The Morgan fingerprint density at radius 2 is 1.90 bits per heavy atom. The summed E-state index contributed by atoms with van der Waals surface area (Å²) < 4.78 is 13.3. The Balaban J connectivity index is 1.66. The molecule has 0 spiro atoms. The topological polar surface area (TPSA) is 80.2 Å². The molecule has 31 heavy (non-hydrogen) atoms. The van der Waals surface area contributed by atoms with Crippen LogP contribution >= 0.6 is 38.5 Å². The molecule has 8 heteroatoms. The molecule has 2 N–H and O–H groups in total. The number of amides is 1. The van der Waals surface area contributed by atoms with Gasteiger partial charge in [0.05, 0.1) is 16.9 Å². The Bertz CT molecular complexity index is 1060. The lowest BCUT2D eigenvalue weighted by atomic mass is 10.1. The summed E-state index contributed by atoms with van der Waals surface area (Å²) in [5, 5.41) is 14.0. The molecule has 0 aliphatic carbocycles. The van der Waals surface area contributed by atoms with Gasteiger partial charge in [-0.2, -0.15) is 5.10 Å². The molecule has 160 valence electrons. The van der Waals surface area contributed by atoms with Crippen molar-refractivity contribution in [1.29, 1.82) is 0 Å². The zero-order valence-electron chi connectivity index (χ0n) is 16.6. The Morgan fingerprint density at radius 1 is 1.19 bits per heavy atom. The van der Waals surface area contributed by atoms with Gasteiger partial charge in [-0.05, 0) is 63.5 Å². The van der Waals surface area contributed by atoms with Crippen molar-refractivity contribution in [2.24, 2.45) is 5.10 Å². The molecule has 1 atom stereocenters. The first-order valence-electron chi connectivity index (χ1n) is 9.28. The number of rotatable bonds is 8. The van der Waals surface area contributed by atoms with E-state index >= 15 is 0 Å². The standard InChI is InChI=1S/C23H20BrIN2O4/c1-30-20-12-16(13-26-27-23(29)21(28)17-5-3-2-4-6-17)11-19(25)22(20)31-14-15-7-9-18(24)10-8-15/h2-13,21,28H,14H2,1H3,(H,27,29)/b26-13-/t21-/m0/s1. The molecule has 3 aromatic carbocycles. The lowest BCUT2D eigenvalue weighted by molar-refractivity contribution is -0.129. The number of carbonyl (C=O) groups excluding carboxylic acids is 1. The van der Waals surface area contributed by atoms with Gasteiger partial charge in [0.25, 0.3) is 5.91 Å². The minimum Gasteiger partial charge on any atom is -0.493 e. The summed E-state index contributed by atoms with van der Waals surface area (Å²) in [5.41, 5.74) is 4.60. The van der Waals surface area contributed by atoms with Gasteiger partial charge in [0.15, 0.2) is 17.6 Å². The van der Waals surface area contributed by atoms with Crippen molar-refractivity contribution in [2.45, 2.75) is 12.7 Å². The maximum Gasteiger partial charge on any atom is 0.273 e. The van der Waals surface area contributed by atoms with E-state index in [2.05, 4.69) is 49.0 Å². The van der Waals surface area contributed by atoms with Crippen LogP contribution in [-0.2, 0) is 11.4 Å². The van der Waals surface area contributed by atoms with Crippen LogP contribution in [0.25, 0.3) is 0 Å².